The number of hydrogen-bond acceptors (Lipinski definition) is 6. The summed E-state index contributed by atoms with van der Waals surface area (Å²) in [7, 11) is 1.76. The molecule has 1 saturated heterocycles. The Morgan fingerprint density at radius 3 is 2.90 bits per heavy atom. The van der Waals surface area contributed by atoms with Crippen LogP contribution in [0.4, 0.5) is 0 Å². The van der Waals surface area contributed by atoms with Crippen LogP contribution in [0.15, 0.2) is 4.52 Å². The van der Waals surface area contributed by atoms with Crippen molar-refractivity contribution in [2.75, 3.05) is 39.9 Å². The van der Waals surface area contributed by atoms with Gasteiger partial charge in [-0.05, 0) is 19.8 Å². The topological polar surface area (TPSA) is 54.6 Å². The van der Waals surface area contributed by atoms with Gasteiger partial charge in [0.25, 0.3) is 0 Å². The molecule has 1 aromatic heterocycles. The summed E-state index contributed by atoms with van der Waals surface area (Å²) in [4.78, 5) is 9.40. The Morgan fingerprint density at radius 1 is 1.35 bits per heavy atom. The normalized spacial score (nSPS) is 25.2. The van der Waals surface area contributed by atoms with Crippen LogP contribution < -0.4 is 0 Å². The smallest absolute Gasteiger partial charge is 0.229 e. The first-order valence-corrected chi connectivity index (χ1v) is 7.54. The van der Waals surface area contributed by atoms with Gasteiger partial charge in [0.1, 0.15) is 0 Å². The van der Waals surface area contributed by atoms with Crippen LogP contribution in [0.2, 0.25) is 0 Å². The molecule has 0 spiro atoms. The molecule has 0 N–H and O–H groups in total. The molecule has 1 aliphatic heterocycles. The lowest BCUT2D eigenvalue weighted by atomic mass is 10.2. The molecular weight excluding hydrogens is 256 g/mol. The van der Waals surface area contributed by atoms with Crippen molar-refractivity contribution in [1.29, 1.82) is 0 Å². The van der Waals surface area contributed by atoms with E-state index in [1.807, 2.05) is 0 Å². The standard InChI is InChI=1S/C14H24N4O2/c1-11-9-17(5-6-18(11)7-8-19-2)10-13-15-14(20-16-13)12-3-4-12/h11-12H,3-10H2,1-2H3/t11-/m0/s1. The fourth-order valence-corrected chi connectivity index (χ4v) is 2.78. The van der Waals surface area contributed by atoms with Gasteiger partial charge in [-0.1, -0.05) is 5.16 Å². The molecule has 2 fully saturated rings. The summed E-state index contributed by atoms with van der Waals surface area (Å²) in [5.74, 6) is 2.22. The van der Waals surface area contributed by atoms with Crippen LogP contribution in [0, 0.1) is 0 Å². The maximum Gasteiger partial charge on any atom is 0.229 e. The molecule has 0 unspecified atom stereocenters. The van der Waals surface area contributed by atoms with Gasteiger partial charge < -0.3 is 9.26 Å². The highest BCUT2D eigenvalue weighted by molar-refractivity contribution is 5.01. The van der Waals surface area contributed by atoms with E-state index in [0.717, 1.165) is 51.0 Å². The van der Waals surface area contributed by atoms with Crippen molar-refractivity contribution in [1.82, 2.24) is 19.9 Å². The van der Waals surface area contributed by atoms with E-state index in [1.165, 1.54) is 12.8 Å². The van der Waals surface area contributed by atoms with Gasteiger partial charge in [0, 0.05) is 45.2 Å². The minimum atomic E-state index is 0.543. The number of methoxy groups -OCH3 is 1. The fourth-order valence-electron chi connectivity index (χ4n) is 2.78. The van der Waals surface area contributed by atoms with Crippen molar-refractivity contribution in [3.8, 4) is 0 Å². The molecule has 0 amide bonds. The van der Waals surface area contributed by atoms with Crippen LogP contribution in [0.1, 0.15) is 37.4 Å². The van der Waals surface area contributed by atoms with Gasteiger partial charge in [-0.3, -0.25) is 9.80 Å². The van der Waals surface area contributed by atoms with Crippen LogP contribution >= 0.6 is 0 Å². The second kappa shape index (κ2) is 6.20. The predicted octanol–water partition coefficient (Wildman–Crippen LogP) is 1.10. The van der Waals surface area contributed by atoms with Gasteiger partial charge in [-0.25, -0.2) is 0 Å². The first-order chi connectivity index (χ1) is 9.76. The zero-order valence-electron chi connectivity index (χ0n) is 12.4. The van der Waals surface area contributed by atoms with E-state index in [1.54, 1.807) is 7.11 Å². The Morgan fingerprint density at radius 2 is 2.20 bits per heavy atom. The number of piperazine rings is 1. The molecule has 3 rings (SSSR count). The Hall–Kier alpha value is -0.980. The Balaban J connectivity index is 1.48. The lowest BCUT2D eigenvalue weighted by molar-refractivity contribution is 0.0543. The van der Waals surface area contributed by atoms with E-state index in [2.05, 4.69) is 26.9 Å². The maximum absolute atomic E-state index is 5.32. The maximum atomic E-state index is 5.32. The molecule has 2 heterocycles. The van der Waals surface area contributed by atoms with Crippen LogP contribution in [0.3, 0.4) is 0 Å². The first kappa shape index (κ1) is 14.0. The van der Waals surface area contributed by atoms with Gasteiger partial charge >= 0.3 is 0 Å². The SMILES string of the molecule is COCCN1CCN(Cc2noc(C3CC3)n2)C[C@@H]1C. The van der Waals surface area contributed by atoms with Crippen molar-refractivity contribution in [3.05, 3.63) is 11.7 Å². The van der Waals surface area contributed by atoms with Crippen molar-refractivity contribution < 1.29 is 9.26 Å². The average Bonchev–Trinajstić information content (AvgIpc) is 3.19. The van der Waals surface area contributed by atoms with E-state index in [4.69, 9.17) is 9.26 Å². The molecule has 20 heavy (non-hydrogen) atoms. The molecule has 1 aliphatic carbocycles. The van der Waals surface area contributed by atoms with Crippen LogP contribution in [0.5, 0.6) is 0 Å². The van der Waals surface area contributed by atoms with Crippen molar-refractivity contribution in [2.24, 2.45) is 0 Å². The van der Waals surface area contributed by atoms with Gasteiger partial charge in [0.2, 0.25) is 5.89 Å². The molecule has 1 atom stereocenters. The molecule has 0 radical (unpaired) electrons. The summed E-state index contributed by atoms with van der Waals surface area (Å²) in [6.07, 6.45) is 2.41. The van der Waals surface area contributed by atoms with Crippen LogP contribution in [-0.2, 0) is 11.3 Å². The van der Waals surface area contributed by atoms with Gasteiger partial charge in [0.15, 0.2) is 5.82 Å². The summed E-state index contributed by atoms with van der Waals surface area (Å²) in [5, 5.41) is 4.10. The number of hydrogen-bond donors (Lipinski definition) is 0. The second-order valence-corrected chi connectivity index (χ2v) is 5.94. The fraction of sp³-hybridized carbons (Fsp3) is 0.857. The monoisotopic (exact) mass is 280 g/mol. The third-order valence-corrected chi connectivity index (χ3v) is 4.21. The van der Waals surface area contributed by atoms with Crippen molar-refractivity contribution in [2.45, 2.75) is 38.3 Å². The first-order valence-electron chi connectivity index (χ1n) is 7.54. The van der Waals surface area contributed by atoms with E-state index < -0.39 is 0 Å². The highest BCUT2D eigenvalue weighted by Crippen LogP contribution is 2.38. The highest BCUT2D eigenvalue weighted by atomic mass is 16.5. The second-order valence-electron chi connectivity index (χ2n) is 5.94. The van der Waals surface area contributed by atoms with Gasteiger partial charge in [0.05, 0.1) is 13.2 Å². The largest absolute Gasteiger partial charge is 0.383 e. The Bertz CT molecular complexity index is 433. The summed E-state index contributed by atoms with van der Waals surface area (Å²) in [5.41, 5.74) is 0. The van der Waals surface area contributed by atoms with Crippen molar-refractivity contribution >= 4 is 0 Å². The minimum Gasteiger partial charge on any atom is -0.383 e. The van der Waals surface area contributed by atoms with Crippen LogP contribution in [0.25, 0.3) is 0 Å². The molecule has 0 bridgehead atoms. The lowest BCUT2D eigenvalue weighted by Crippen LogP contribution is -2.52. The van der Waals surface area contributed by atoms with Gasteiger partial charge in [-0.15, -0.1) is 0 Å². The Labute approximate surface area is 120 Å². The van der Waals surface area contributed by atoms with Crippen LogP contribution in [-0.4, -0.2) is 65.9 Å². The summed E-state index contributed by atoms with van der Waals surface area (Å²) in [6, 6.07) is 0.550. The summed E-state index contributed by atoms with van der Waals surface area (Å²) >= 11 is 0. The highest BCUT2D eigenvalue weighted by Gasteiger charge is 2.30. The summed E-state index contributed by atoms with van der Waals surface area (Å²) in [6.45, 7) is 8.09. The number of aromatic nitrogens is 2. The van der Waals surface area contributed by atoms with E-state index in [-0.39, 0.29) is 0 Å². The third kappa shape index (κ3) is 3.37. The number of rotatable bonds is 6. The third-order valence-electron chi connectivity index (χ3n) is 4.21. The molecule has 112 valence electrons. The predicted molar refractivity (Wildman–Crippen MR) is 74.5 cm³/mol. The average molecular weight is 280 g/mol. The summed E-state index contributed by atoms with van der Waals surface area (Å²) < 4.78 is 10.5. The van der Waals surface area contributed by atoms with Gasteiger partial charge in [-0.2, -0.15) is 4.98 Å². The lowest BCUT2D eigenvalue weighted by Gasteiger charge is -2.39. The van der Waals surface area contributed by atoms with Crippen molar-refractivity contribution in [3.63, 3.8) is 0 Å². The zero-order chi connectivity index (χ0) is 13.9. The molecule has 6 heteroatoms. The molecular formula is C14H24N4O2. The molecule has 1 saturated carbocycles. The number of nitrogens with zero attached hydrogens (tertiary/aromatic N) is 4. The molecule has 0 aromatic carbocycles. The van der Waals surface area contributed by atoms with E-state index >= 15 is 0 Å². The zero-order valence-corrected chi connectivity index (χ0v) is 12.4. The quantitative estimate of drug-likeness (QED) is 0.778. The molecule has 2 aliphatic rings. The van der Waals surface area contributed by atoms with E-state index in [9.17, 15) is 0 Å². The molecule has 6 nitrogen and oxygen atoms in total. The molecule has 1 aromatic rings. The van der Waals surface area contributed by atoms with E-state index in [0.29, 0.717) is 12.0 Å². The Kier molecular flexibility index (Phi) is 4.33. The minimum absolute atomic E-state index is 0.543. The number of ether oxygens (including phenoxy) is 1.